The minimum atomic E-state index is 0.394. The van der Waals surface area contributed by atoms with Crippen molar-refractivity contribution >= 4 is 27.6 Å². The molecule has 0 saturated carbocycles. The molecule has 2 heterocycles. The largest absolute Gasteiger partial charge is 0.368 e. The summed E-state index contributed by atoms with van der Waals surface area (Å²) in [5, 5.41) is 11.2. The molecule has 1 aromatic heterocycles. The summed E-state index contributed by atoms with van der Waals surface area (Å²) in [5.41, 5.74) is 2.43. The summed E-state index contributed by atoms with van der Waals surface area (Å²) in [4.78, 5) is 6.74. The highest BCUT2D eigenvalue weighted by atomic mass is 79.9. The maximum absolute atomic E-state index is 4.34. The van der Waals surface area contributed by atoms with Gasteiger partial charge in [-0.25, -0.2) is 0 Å². The van der Waals surface area contributed by atoms with Crippen molar-refractivity contribution in [2.24, 2.45) is 4.99 Å². The number of anilines is 1. The Morgan fingerprint density at radius 3 is 2.96 bits per heavy atom. The fraction of sp³-hybridized carbons (Fsp3) is 0.444. The fourth-order valence-electron chi connectivity index (χ4n) is 3.07. The van der Waals surface area contributed by atoms with E-state index >= 15 is 0 Å². The summed E-state index contributed by atoms with van der Waals surface area (Å²) >= 11 is 3.64. The monoisotopic (exact) mass is 404 g/mol. The zero-order chi connectivity index (χ0) is 17.6. The number of rotatable bonds is 5. The van der Waals surface area contributed by atoms with Gasteiger partial charge in [-0.3, -0.25) is 9.67 Å². The third kappa shape index (κ3) is 4.75. The van der Waals surface area contributed by atoms with E-state index in [4.69, 9.17) is 0 Å². The van der Waals surface area contributed by atoms with Crippen molar-refractivity contribution in [3.05, 3.63) is 46.7 Å². The molecule has 6 nitrogen and oxygen atoms in total. The van der Waals surface area contributed by atoms with Crippen molar-refractivity contribution < 1.29 is 0 Å². The Kier molecular flexibility index (Phi) is 5.96. The summed E-state index contributed by atoms with van der Waals surface area (Å²) in [5.74, 6) is 0.850. The number of aryl methyl sites for hydroxylation is 1. The van der Waals surface area contributed by atoms with Gasteiger partial charge in [-0.2, -0.15) is 5.10 Å². The van der Waals surface area contributed by atoms with Crippen LogP contribution in [0.1, 0.15) is 12.0 Å². The van der Waals surface area contributed by atoms with E-state index in [0.717, 1.165) is 43.0 Å². The second-order valence-electron chi connectivity index (χ2n) is 6.31. The second kappa shape index (κ2) is 8.38. The molecule has 1 aliphatic heterocycles. The molecule has 3 rings (SSSR count). The summed E-state index contributed by atoms with van der Waals surface area (Å²) in [6.07, 6.45) is 5.02. The summed E-state index contributed by atoms with van der Waals surface area (Å²) in [6, 6.07) is 8.77. The lowest BCUT2D eigenvalue weighted by molar-refractivity contribution is 0.587. The van der Waals surface area contributed by atoms with Crippen LogP contribution in [-0.4, -0.2) is 48.5 Å². The predicted octanol–water partition coefficient (Wildman–Crippen LogP) is 2.40. The molecule has 1 atom stereocenters. The number of halogens is 1. The quantitative estimate of drug-likeness (QED) is 0.593. The minimum absolute atomic E-state index is 0.394. The third-order valence-electron chi connectivity index (χ3n) is 4.34. The molecule has 1 saturated heterocycles. The number of hydrogen-bond donors (Lipinski definition) is 2. The van der Waals surface area contributed by atoms with Crippen molar-refractivity contribution in [1.29, 1.82) is 0 Å². The van der Waals surface area contributed by atoms with Gasteiger partial charge in [0.05, 0.1) is 18.4 Å². The molecule has 2 aromatic rings. The van der Waals surface area contributed by atoms with Crippen LogP contribution in [0.3, 0.4) is 0 Å². The van der Waals surface area contributed by atoms with Crippen LogP contribution in [0.4, 0.5) is 5.69 Å². The first kappa shape index (κ1) is 17.8. The van der Waals surface area contributed by atoms with Crippen LogP contribution in [0.15, 0.2) is 46.1 Å². The highest BCUT2D eigenvalue weighted by Gasteiger charge is 2.24. The normalized spacial score (nSPS) is 17.8. The number of aliphatic imine (C=N–C) groups is 1. The smallest absolute Gasteiger partial charge is 0.191 e. The van der Waals surface area contributed by atoms with E-state index < -0.39 is 0 Å². The first-order valence-corrected chi connectivity index (χ1v) is 9.40. The van der Waals surface area contributed by atoms with E-state index in [0.29, 0.717) is 6.04 Å². The number of benzene rings is 1. The van der Waals surface area contributed by atoms with Crippen LogP contribution in [0.2, 0.25) is 0 Å². The van der Waals surface area contributed by atoms with E-state index in [1.54, 1.807) is 0 Å². The van der Waals surface area contributed by atoms with Gasteiger partial charge in [0.2, 0.25) is 0 Å². The second-order valence-corrected chi connectivity index (χ2v) is 7.16. The van der Waals surface area contributed by atoms with Crippen LogP contribution in [0, 0.1) is 6.92 Å². The SMILES string of the molecule is CN=C(NCCn1cc(C)cn1)NC1CCN(c2ccccc2Br)C1. The standard InChI is InChI=1S/C18H25BrN6/c1-14-11-22-25(12-14)10-8-21-18(20-2)23-15-7-9-24(13-15)17-6-4-3-5-16(17)19/h3-6,11-12,15H,7-10,13H2,1-2H3,(H2,20,21,23). The van der Waals surface area contributed by atoms with Crippen molar-refractivity contribution in [3.8, 4) is 0 Å². The van der Waals surface area contributed by atoms with Gasteiger partial charge >= 0.3 is 0 Å². The molecule has 7 heteroatoms. The molecule has 1 fully saturated rings. The molecule has 1 aromatic carbocycles. The summed E-state index contributed by atoms with van der Waals surface area (Å²) in [6.45, 7) is 5.68. The molecular weight excluding hydrogens is 380 g/mol. The molecule has 0 spiro atoms. The number of aromatic nitrogens is 2. The number of nitrogens with zero attached hydrogens (tertiary/aromatic N) is 4. The Labute approximate surface area is 157 Å². The topological polar surface area (TPSA) is 57.5 Å². The van der Waals surface area contributed by atoms with E-state index in [2.05, 4.69) is 59.8 Å². The Bertz CT molecular complexity index is 726. The molecule has 0 bridgehead atoms. The molecule has 0 aliphatic carbocycles. The lowest BCUT2D eigenvalue weighted by atomic mass is 10.3. The van der Waals surface area contributed by atoms with E-state index in [1.165, 1.54) is 11.3 Å². The summed E-state index contributed by atoms with van der Waals surface area (Å²) in [7, 11) is 1.81. The van der Waals surface area contributed by atoms with Crippen LogP contribution in [-0.2, 0) is 6.54 Å². The van der Waals surface area contributed by atoms with E-state index in [1.807, 2.05) is 37.1 Å². The lowest BCUT2D eigenvalue weighted by Crippen LogP contribution is -2.45. The van der Waals surface area contributed by atoms with Gasteiger partial charge in [0, 0.05) is 43.4 Å². The maximum atomic E-state index is 4.34. The van der Waals surface area contributed by atoms with Gasteiger partial charge in [-0.1, -0.05) is 12.1 Å². The Morgan fingerprint density at radius 2 is 2.24 bits per heavy atom. The molecule has 2 N–H and O–H groups in total. The Morgan fingerprint density at radius 1 is 1.40 bits per heavy atom. The number of para-hydroxylation sites is 1. The first-order chi connectivity index (χ1) is 12.2. The van der Waals surface area contributed by atoms with Gasteiger partial charge in [-0.05, 0) is 47.0 Å². The van der Waals surface area contributed by atoms with Gasteiger partial charge in [-0.15, -0.1) is 0 Å². The highest BCUT2D eigenvalue weighted by Crippen LogP contribution is 2.28. The highest BCUT2D eigenvalue weighted by molar-refractivity contribution is 9.10. The van der Waals surface area contributed by atoms with Crippen LogP contribution in [0.5, 0.6) is 0 Å². The molecule has 134 valence electrons. The molecule has 1 aliphatic rings. The zero-order valence-electron chi connectivity index (χ0n) is 14.7. The minimum Gasteiger partial charge on any atom is -0.368 e. The molecule has 25 heavy (non-hydrogen) atoms. The first-order valence-electron chi connectivity index (χ1n) is 8.61. The van der Waals surface area contributed by atoms with Crippen molar-refractivity contribution in [3.63, 3.8) is 0 Å². The maximum Gasteiger partial charge on any atom is 0.191 e. The molecule has 0 amide bonds. The number of hydrogen-bond acceptors (Lipinski definition) is 3. The van der Waals surface area contributed by atoms with Crippen LogP contribution >= 0.6 is 15.9 Å². The van der Waals surface area contributed by atoms with Crippen molar-refractivity contribution in [2.75, 3.05) is 31.6 Å². The van der Waals surface area contributed by atoms with Crippen LogP contribution in [0.25, 0.3) is 0 Å². The zero-order valence-corrected chi connectivity index (χ0v) is 16.3. The average Bonchev–Trinajstić information content (AvgIpc) is 3.23. The predicted molar refractivity (Wildman–Crippen MR) is 106 cm³/mol. The molecule has 1 unspecified atom stereocenters. The molecular formula is C18H25BrN6. The number of nitrogens with one attached hydrogen (secondary N) is 2. The fourth-order valence-corrected chi connectivity index (χ4v) is 3.61. The molecule has 0 radical (unpaired) electrons. The summed E-state index contributed by atoms with van der Waals surface area (Å²) < 4.78 is 3.09. The average molecular weight is 405 g/mol. The van der Waals surface area contributed by atoms with Gasteiger partial charge in [0.25, 0.3) is 0 Å². The Balaban J connectivity index is 1.47. The Hall–Kier alpha value is -2.02. The third-order valence-corrected chi connectivity index (χ3v) is 5.01. The van der Waals surface area contributed by atoms with Gasteiger partial charge in [0.1, 0.15) is 0 Å². The number of guanidine groups is 1. The van der Waals surface area contributed by atoms with E-state index in [9.17, 15) is 0 Å². The van der Waals surface area contributed by atoms with Crippen molar-refractivity contribution in [1.82, 2.24) is 20.4 Å². The van der Waals surface area contributed by atoms with E-state index in [-0.39, 0.29) is 0 Å². The van der Waals surface area contributed by atoms with Crippen LogP contribution < -0.4 is 15.5 Å². The van der Waals surface area contributed by atoms with Gasteiger partial charge in [0.15, 0.2) is 5.96 Å². The van der Waals surface area contributed by atoms with Gasteiger partial charge < -0.3 is 15.5 Å². The van der Waals surface area contributed by atoms with Crippen molar-refractivity contribution in [2.45, 2.75) is 25.9 Å². The lowest BCUT2D eigenvalue weighted by Gasteiger charge is -2.21.